The molecule has 0 fully saturated rings. The van der Waals surface area contributed by atoms with Gasteiger partial charge in [-0.05, 0) is 23.6 Å². The molecule has 0 saturated heterocycles. The zero-order valence-electron chi connectivity index (χ0n) is 12.0. The van der Waals surface area contributed by atoms with Crippen LogP contribution in [0.25, 0.3) is 0 Å². The lowest BCUT2D eigenvalue weighted by Crippen LogP contribution is -2.39. The van der Waals surface area contributed by atoms with Gasteiger partial charge in [0, 0.05) is 20.1 Å². The third kappa shape index (κ3) is 5.73. The number of benzene rings is 1. The number of nitrogens with one attached hydrogen (secondary N) is 2. The highest BCUT2D eigenvalue weighted by molar-refractivity contribution is 5.79. The molecule has 0 radical (unpaired) electrons. The van der Waals surface area contributed by atoms with E-state index in [2.05, 4.69) is 29.5 Å². The van der Waals surface area contributed by atoms with Crippen LogP contribution in [0, 0.1) is 11.7 Å². The minimum atomic E-state index is -0.208. The first-order valence-electron chi connectivity index (χ1n) is 6.88. The Kier molecular flexibility index (Phi) is 6.93. The molecule has 0 saturated carbocycles. The number of guanidine groups is 1. The Labute approximate surface area is 115 Å². The van der Waals surface area contributed by atoms with Gasteiger partial charge in [-0.1, -0.05) is 38.8 Å². The number of nitrogens with zero attached hydrogens (tertiary/aromatic N) is 1. The molecule has 0 aromatic heterocycles. The van der Waals surface area contributed by atoms with Gasteiger partial charge in [-0.25, -0.2) is 4.39 Å². The fourth-order valence-corrected chi connectivity index (χ4v) is 1.83. The number of rotatable bonds is 6. The van der Waals surface area contributed by atoms with E-state index in [1.54, 1.807) is 19.2 Å². The van der Waals surface area contributed by atoms with Crippen LogP contribution >= 0.6 is 0 Å². The predicted octanol–water partition coefficient (Wildman–Crippen LogP) is 2.93. The van der Waals surface area contributed by atoms with Crippen LogP contribution in [-0.4, -0.2) is 19.6 Å². The lowest BCUT2D eigenvalue weighted by molar-refractivity contribution is 0.481. The normalized spacial score (nSPS) is 11.7. The molecule has 0 aliphatic carbocycles. The fourth-order valence-electron chi connectivity index (χ4n) is 1.83. The SMILES string of the molecule is CCC(CC)CNC(=NC)NCc1ccc(F)cc1. The van der Waals surface area contributed by atoms with Crippen LogP contribution in [0.2, 0.25) is 0 Å². The summed E-state index contributed by atoms with van der Waals surface area (Å²) in [5.41, 5.74) is 1.03. The van der Waals surface area contributed by atoms with Crippen LogP contribution in [0.5, 0.6) is 0 Å². The van der Waals surface area contributed by atoms with E-state index in [9.17, 15) is 4.39 Å². The lowest BCUT2D eigenvalue weighted by Gasteiger charge is -2.16. The fraction of sp³-hybridized carbons (Fsp3) is 0.533. The Morgan fingerprint density at radius 3 is 2.32 bits per heavy atom. The van der Waals surface area contributed by atoms with Crippen molar-refractivity contribution in [2.24, 2.45) is 10.9 Å². The summed E-state index contributed by atoms with van der Waals surface area (Å²) >= 11 is 0. The summed E-state index contributed by atoms with van der Waals surface area (Å²) in [6.07, 6.45) is 2.33. The van der Waals surface area contributed by atoms with Crippen LogP contribution < -0.4 is 10.6 Å². The Hall–Kier alpha value is -1.58. The molecule has 1 aromatic rings. The molecule has 0 atom stereocenters. The molecule has 3 nitrogen and oxygen atoms in total. The molecular weight excluding hydrogens is 241 g/mol. The second kappa shape index (κ2) is 8.51. The zero-order valence-corrected chi connectivity index (χ0v) is 12.0. The molecule has 0 amide bonds. The van der Waals surface area contributed by atoms with Crippen LogP contribution in [0.4, 0.5) is 4.39 Å². The minimum absolute atomic E-state index is 0.208. The molecule has 19 heavy (non-hydrogen) atoms. The van der Waals surface area contributed by atoms with Crippen molar-refractivity contribution in [3.8, 4) is 0 Å². The van der Waals surface area contributed by atoms with Gasteiger partial charge in [0.25, 0.3) is 0 Å². The molecular formula is C15H24FN3. The molecule has 0 unspecified atom stereocenters. The summed E-state index contributed by atoms with van der Waals surface area (Å²) in [6, 6.07) is 6.49. The van der Waals surface area contributed by atoms with Crippen molar-refractivity contribution in [2.75, 3.05) is 13.6 Å². The molecule has 0 bridgehead atoms. The van der Waals surface area contributed by atoms with Gasteiger partial charge in [0.1, 0.15) is 5.82 Å². The monoisotopic (exact) mass is 265 g/mol. The standard InChI is InChI=1S/C15H24FN3/c1-4-12(5-2)10-18-15(17-3)19-11-13-6-8-14(16)9-7-13/h6-9,12H,4-5,10-11H2,1-3H3,(H2,17,18,19). The highest BCUT2D eigenvalue weighted by Crippen LogP contribution is 2.05. The van der Waals surface area contributed by atoms with E-state index in [0.29, 0.717) is 12.5 Å². The van der Waals surface area contributed by atoms with Gasteiger partial charge in [0.15, 0.2) is 5.96 Å². The highest BCUT2D eigenvalue weighted by atomic mass is 19.1. The number of hydrogen-bond acceptors (Lipinski definition) is 1. The Morgan fingerprint density at radius 1 is 1.16 bits per heavy atom. The Bertz CT molecular complexity index is 383. The highest BCUT2D eigenvalue weighted by Gasteiger charge is 2.04. The van der Waals surface area contributed by atoms with Crippen molar-refractivity contribution in [2.45, 2.75) is 33.2 Å². The topological polar surface area (TPSA) is 36.4 Å². The van der Waals surface area contributed by atoms with Gasteiger partial charge in [-0.3, -0.25) is 4.99 Å². The van der Waals surface area contributed by atoms with E-state index in [4.69, 9.17) is 0 Å². The first kappa shape index (κ1) is 15.5. The van der Waals surface area contributed by atoms with Gasteiger partial charge >= 0.3 is 0 Å². The third-order valence-electron chi connectivity index (χ3n) is 3.31. The van der Waals surface area contributed by atoms with Crippen molar-refractivity contribution in [1.29, 1.82) is 0 Å². The van der Waals surface area contributed by atoms with Crippen molar-refractivity contribution in [3.05, 3.63) is 35.6 Å². The van der Waals surface area contributed by atoms with E-state index < -0.39 is 0 Å². The summed E-state index contributed by atoms with van der Waals surface area (Å²) in [5, 5.41) is 6.54. The van der Waals surface area contributed by atoms with Crippen molar-refractivity contribution < 1.29 is 4.39 Å². The average molecular weight is 265 g/mol. The Balaban J connectivity index is 2.39. The third-order valence-corrected chi connectivity index (χ3v) is 3.31. The summed E-state index contributed by atoms with van der Waals surface area (Å²) in [6.45, 7) is 5.97. The molecule has 0 aliphatic heterocycles. The second-order valence-corrected chi connectivity index (χ2v) is 4.62. The summed E-state index contributed by atoms with van der Waals surface area (Å²) in [4.78, 5) is 4.18. The first-order chi connectivity index (χ1) is 9.19. The second-order valence-electron chi connectivity index (χ2n) is 4.62. The maximum atomic E-state index is 12.8. The van der Waals surface area contributed by atoms with Crippen LogP contribution in [0.3, 0.4) is 0 Å². The van der Waals surface area contributed by atoms with Gasteiger partial charge < -0.3 is 10.6 Å². The lowest BCUT2D eigenvalue weighted by atomic mass is 10.0. The van der Waals surface area contributed by atoms with Gasteiger partial charge in [-0.15, -0.1) is 0 Å². The van der Waals surface area contributed by atoms with Gasteiger partial charge in [0.05, 0.1) is 0 Å². The van der Waals surface area contributed by atoms with E-state index in [-0.39, 0.29) is 5.82 Å². The first-order valence-corrected chi connectivity index (χ1v) is 6.88. The van der Waals surface area contributed by atoms with Crippen molar-refractivity contribution in [3.63, 3.8) is 0 Å². The molecule has 0 spiro atoms. The van der Waals surface area contributed by atoms with Crippen LogP contribution in [0.15, 0.2) is 29.3 Å². The van der Waals surface area contributed by atoms with E-state index >= 15 is 0 Å². The number of halogens is 1. The molecule has 1 rings (SSSR count). The zero-order chi connectivity index (χ0) is 14.1. The number of hydrogen-bond donors (Lipinski definition) is 2. The maximum Gasteiger partial charge on any atom is 0.191 e. The predicted molar refractivity (Wildman–Crippen MR) is 78.7 cm³/mol. The van der Waals surface area contributed by atoms with Gasteiger partial charge in [-0.2, -0.15) is 0 Å². The summed E-state index contributed by atoms with van der Waals surface area (Å²) in [7, 11) is 1.76. The summed E-state index contributed by atoms with van der Waals surface area (Å²) in [5.74, 6) is 1.25. The van der Waals surface area contributed by atoms with E-state index in [1.807, 2.05) is 0 Å². The smallest absolute Gasteiger partial charge is 0.191 e. The van der Waals surface area contributed by atoms with Crippen LogP contribution in [0.1, 0.15) is 32.3 Å². The summed E-state index contributed by atoms with van der Waals surface area (Å²) < 4.78 is 12.8. The van der Waals surface area contributed by atoms with Gasteiger partial charge in [0.2, 0.25) is 0 Å². The molecule has 1 aromatic carbocycles. The maximum absolute atomic E-state index is 12.8. The average Bonchev–Trinajstić information content (AvgIpc) is 2.45. The van der Waals surface area contributed by atoms with Crippen molar-refractivity contribution >= 4 is 5.96 Å². The molecule has 0 aliphatic rings. The number of aliphatic imine (C=N–C) groups is 1. The largest absolute Gasteiger partial charge is 0.356 e. The van der Waals surface area contributed by atoms with E-state index in [1.165, 1.54) is 25.0 Å². The Morgan fingerprint density at radius 2 is 1.79 bits per heavy atom. The van der Waals surface area contributed by atoms with Crippen molar-refractivity contribution in [1.82, 2.24) is 10.6 Å². The quantitative estimate of drug-likeness (QED) is 0.613. The van der Waals surface area contributed by atoms with E-state index in [0.717, 1.165) is 18.1 Å². The molecule has 106 valence electrons. The molecule has 4 heteroatoms. The molecule has 0 heterocycles. The van der Waals surface area contributed by atoms with Crippen LogP contribution in [-0.2, 0) is 6.54 Å². The molecule has 2 N–H and O–H groups in total. The minimum Gasteiger partial charge on any atom is -0.356 e.